The van der Waals surface area contributed by atoms with Gasteiger partial charge in [0.2, 0.25) is 5.91 Å². The van der Waals surface area contributed by atoms with Crippen molar-refractivity contribution in [2.45, 2.75) is 57.2 Å². The van der Waals surface area contributed by atoms with E-state index < -0.39 is 0 Å². The largest absolute Gasteiger partial charge is 0.370 e. The van der Waals surface area contributed by atoms with Crippen molar-refractivity contribution >= 4 is 5.91 Å². The molecule has 2 saturated carbocycles. The van der Waals surface area contributed by atoms with Crippen LogP contribution in [0.15, 0.2) is 30.3 Å². The van der Waals surface area contributed by atoms with Crippen LogP contribution >= 0.6 is 0 Å². The van der Waals surface area contributed by atoms with Gasteiger partial charge in [-0.3, -0.25) is 9.69 Å². The first-order valence-corrected chi connectivity index (χ1v) is 9.74. The van der Waals surface area contributed by atoms with E-state index in [0.717, 1.165) is 18.4 Å². The van der Waals surface area contributed by atoms with Gasteiger partial charge < -0.3 is 10.1 Å². The second-order valence-electron chi connectivity index (χ2n) is 8.67. The fourth-order valence-electron chi connectivity index (χ4n) is 3.98. The maximum absolute atomic E-state index is 12.7. The number of hydrogen-bond acceptors (Lipinski definition) is 3. The number of hydrogen-bond donors (Lipinski definition) is 1. The average molecular weight is 342 g/mol. The molecule has 1 N–H and O–H groups in total. The number of nitrogens with one attached hydrogen (secondary N) is 1. The Bertz CT molecular complexity index is 596. The van der Waals surface area contributed by atoms with Crippen molar-refractivity contribution in [2.75, 3.05) is 19.7 Å². The Balaban J connectivity index is 1.39. The summed E-state index contributed by atoms with van der Waals surface area (Å²) >= 11 is 0. The standard InChI is InChI=1S/C21H30N2O2/c1-21(2)14-25-18(15-6-4-3-5-7-15)12-23(21)13-19(24)22-20(16-8-9-16)17-10-11-17/h3-7,16-18,20H,8-14H2,1-2H3,(H,22,24). The zero-order valence-corrected chi connectivity index (χ0v) is 15.4. The minimum Gasteiger partial charge on any atom is -0.370 e. The highest BCUT2D eigenvalue weighted by atomic mass is 16.5. The average Bonchev–Trinajstić information content (AvgIpc) is 3.48. The van der Waals surface area contributed by atoms with Gasteiger partial charge >= 0.3 is 0 Å². The molecule has 1 atom stereocenters. The first-order valence-electron chi connectivity index (χ1n) is 9.74. The molecule has 1 aliphatic heterocycles. The minimum atomic E-state index is -0.114. The van der Waals surface area contributed by atoms with E-state index in [-0.39, 0.29) is 17.6 Å². The summed E-state index contributed by atoms with van der Waals surface area (Å²) in [5.41, 5.74) is 1.08. The van der Waals surface area contributed by atoms with Crippen LogP contribution in [0.5, 0.6) is 0 Å². The molecule has 1 aromatic carbocycles. The molecule has 1 unspecified atom stereocenters. The highest BCUT2D eigenvalue weighted by Gasteiger charge is 2.43. The predicted molar refractivity (Wildman–Crippen MR) is 98.2 cm³/mol. The van der Waals surface area contributed by atoms with Crippen molar-refractivity contribution in [1.82, 2.24) is 10.2 Å². The highest BCUT2D eigenvalue weighted by Crippen LogP contribution is 2.44. The number of ether oxygens (including phenoxy) is 1. The quantitative estimate of drug-likeness (QED) is 0.863. The van der Waals surface area contributed by atoms with Crippen LogP contribution in [-0.4, -0.2) is 42.1 Å². The Kier molecular flexibility index (Phi) is 4.59. The fraction of sp³-hybridized carbons (Fsp3) is 0.667. The number of carbonyl (C=O) groups excluding carboxylic acids is 1. The Hall–Kier alpha value is -1.39. The molecule has 1 heterocycles. The van der Waals surface area contributed by atoms with Gasteiger partial charge in [0.05, 0.1) is 19.3 Å². The number of carbonyl (C=O) groups is 1. The lowest BCUT2D eigenvalue weighted by Crippen LogP contribution is -2.57. The molecule has 2 aliphatic carbocycles. The van der Waals surface area contributed by atoms with Crippen molar-refractivity contribution in [3.05, 3.63) is 35.9 Å². The molecule has 1 aromatic rings. The number of morpholine rings is 1. The third-order valence-corrected chi connectivity index (χ3v) is 5.97. The molecule has 3 fully saturated rings. The summed E-state index contributed by atoms with van der Waals surface area (Å²) in [5.74, 6) is 1.67. The van der Waals surface area contributed by atoms with E-state index in [1.54, 1.807) is 0 Å². The molecule has 1 amide bonds. The summed E-state index contributed by atoms with van der Waals surface area (Å²) < 4.78 is 6.10. The summed E-state index contributed by atoms with van der Waals surface area (Å²) in [4.78, 5) is 15.0. The number of rotatable bonds is 6. The number of nitrogens with zero attached hydrogens (tertiary/aromatic N) is 1. The Morgan fingerprint density at radius 2 is 1.84 bits per heavy atom. The topological polar surface area (TPSA) is 41.6 Å². The Labute approximate surface area is 150 Å². The van der Waals surface area contributed by atoms with Crippen LogP contribution in [0.4, 0.5) is 0 Å². The van der Waals surface area contributed by atoms with Crippen LogP contribution in [0.2, 0.25) is 0 Å². The van der Waals surface area contributed by atoms with Crippen LogP contribution in [0.25, 0.3) is 0 Å². The van der Waals surface area contributed by atoms with E-state index in [9.17, 15) is 4.79 Å². The van der Waals surface area contributed by atoms with Crippen molar-refractivity contribution in [2.24, 2.45) is 11.8 Å². The SMILES string of the molecule is CC1(C)COC(c2ccccc2)CN1CC(=O)NC(C1CC1)C1CC1. The lowest BCUT2D eigenvalue weighted by Gasteiger charge is -2.45. The molecule has 25 heavy (non-hydrogen) atoms. The van der Waals surface area contributed by atoms with Crippen LogP contribution in [0, 0.1) is 11.8 Å². The van der Waals surface area contributed by atoms with Crippen molar-refractivity contribution in [3.8, 4) is 0 Å². The second kappa shape index (κ2) is 6.73. The van der Waals surface area contributed by atoms with E-state index in [1.807, 2.05) is 18.2 Å². The predicted octanol–water partition coefficient (Wildman–Crippen LogP) is 3.14. The molecular formula is C21H30N2O2. The van der Waals surface area contributed by atoms with Gasteiger partial charge in [-0.1, -0.05) is 30.3 Å². The summed E-state index contributed by atoms with van der Waals surface area (Å²) in [6.45, 7) is 6.22. The van der Waals surface area contributed by atoms with Gasteiger partial charge in [-0.15, -0.1) is 0 Å². The molecular weight excluding hydrogens is 312 g/mol. The van der Waals surface area contributed by atoms with Crippen LogP contribution in [-0.2, 0) is 9.53 Å². The number of amides is 1. The summed E-state index contributed by atoms with van der Waals surface area (Å²) in [7, 11) is 0. The van der Waals surface area contributed by atoms with Crippen LogP contribution in [0.1, 0.15) is 51.2 Å². The van der Waals surface area contributed by atoms with E-state index in [0.29, 0.717) is 19.2 Å². The molecule has 0 spiro atoms. The zero-order valence-electron chi connectivity index (χ0n) is 15.4. The smallest absolute Gasteiger partial charge is 0.234 e. The minimum absolute atomic E-state index is 0.0460. The zero-order chi connectivity index (χ0) is 17.4. The van der Waals surface area contributed by atoms with Crippen molar-refractivity contribution < 1.29 is 9.53 Å². The fourth-order valence-corrected chi connectivity index (χ4v) is 3.98. The Morgan fingerprint density at radius 3 is 2.44 bits per heavy atom. The molecule has 0 aromatic heterocycles. The molecule has 0 bridgehead atoms. The van der Waals surface area contributed by atoms with E-state index in [4.69, 9.17) is 4.74 Å². The summed E-state index contributed by atoms with van der Waals surface area (Å²) in [6.07, 6.45) is 5.21. The number of benzene rings is 1. The maximum atomic E-state index is 12.7. The van der Waals surface area contributed by atoms with Gasteiger partial charge in [0.25, 0.3) is 0 Å². The lowest BCUT2D eigenvalue weighted by molar-refractivity contribution is -0.134. The van der Waals surface area contributed by atoms with Gasteiger partial charge in [-0.2, -0.15) is 0 Å². The Morgan fingerprint density at radius 1 is 1.20 bits per heavy atom. The summed E-state index contributed by atoms with van der Waals surface area (Å²) in [6, 6.07) is 10.8. The molecule has 4 heteroatoms. The highest BCUT2D eigenvalue weighted by molar-refractivity contribution is 5.78. The van der Waals surface area contributed by atoms with Crippen molar-refractivity contribution in [1.29, 1.82) is 0 Å². The molecule has 1 saturated heterocycles. The monoisotopic (exact) mass is 342 g/mol. The van der Waals surface area contributed by atoms with E-state index in [1.165, 1.54) is 31.2 Å². The normalized spacial score (nSPS) is 26.6. The molecule has 0 radical (unpaired) electrons. The summed E-state index contributed by atoms with van der Waals surface area (Å²) in [5, 5.41) is 3.36. The van der Waals surface area contributed by atoms with E-state index >= 15 is 0 Å². The molecule has 4 nitrogen and oxygen atoms in total. The van der Waals surface area contributed by atoms with E-state index in [2.05, 4.69) is 36.2 Å². The van der Waals surface area contributed by atoms with Gasteiger partial charge in [0.15, 0.2) is 0 Å². The molecule has 136 valence electrons. The molecule has 4 rings (SSSR count). The van der Waals surface area contributed by atoms with Crippen LogP contribution < -0.4 is 5.32 Å². The van der Waals surface area contributed by atoms with Gasteiger partial charge in [-0.05, 0) is 56.9 Å². The van der Waals surface area contributed by atoms with Crippen molar-refractivity contribution in [3.63, 3.8) is 0 Å². The first-order chi connectivity index (χ1) is 12.0. The van der Waals surface area contributed by atoms with Crippen LogP contribution in [0.3, 0.4) is 0 Å². The third kappa shape index (κ3) is 4.06. The second-order valence-corrected chi connectivity index (χ2v) is 8.67. The maximum Gasteiger partial charge on any atom is 0.234 e. The molecule has 3 aliphatic rings. The van der Waals surface area contributed by atoms with Gasteiger partial charge in [0.1, 0.15) is 0 Å². The first kappa shape index (κ1) is 17.0. The van der Waals surface area contributed by atoms with Gasteiger partial charge in [0, 0.05) is 18.1 Å². The lowest BCUT2D eigenvalue weighted by atomic mass is 9.98. The van der Waals surface area contributed by atoms with Gasteiger partial charge in [-0.25, -0.2) is 0 Å². The third-order valence-electron chi connectivity index (χ3n) is 5.97.